The third-order valence-electron chi connectivity index (χ3n) is 4.93. The van der Waals surface area contributed by atoms with E-state index in [4.69, 9.17) is 14.2 Å². The molecule has 0 aliphatic carbocycles. The first-order valence-corrected chi connectivity index (χ1v) is 9.81. The van der Waals surface area contributed by atoms with Crippen LogP contribution in [-0.2, 0) is 0 Å². The van der Waals surface area contributed by atoms with Crippen molar-refractivity contribution in [2.45, 2.75) is 0 Å². The molecule has 1 heterocycles. The summed E-state index contributed by atoms with van der Waals surface area (Å²) >= 11 is 0. The van der Waals surface area contributed by atoms with E-state index in [0.717, 1.165) is 16.3 Å². The molecule has 0 saturated carbocycles. The van der Waals surface area contributed by atoms with Gasteiger partial charge in [-0.2, -0.15) is 10.2 Å². The molecule has 3 aromatic carbocycles. The van der Waals surface area contributed by atoms with Crippen LogP contribution in [0.25, 0.3) is 22.0 Å². The Morgan fingerprint density at radius 1 is 0.938 bits per heavy atom. The lowest BCUT2D eigenvalue weighted by Crippen LogP contribution is -2.18. The van der Waals surface area contributed by atoms with E-state index >= 15 is 0 Å². The number of nitrogens with zero attached hydrogens (tertiary/aromatic N) is 2. The number of fused-ring (bicyclic) bond motifs is 1. The molecule has 1 amide bonds. The molecule has 32 heavy (non-hydrogen) atoms. The van der Waals surface area contributed by atoms with Gasteiger partial charge < -0.3 is 14.2 Å². The molecule has 0 unspecified atom stereocenters. The zero-order valence-corrected chi connectivity index (χ0v) is 17.9. The molecular formula is C24H22N4O4. The predicted molar refractivity (Wildman–Crippen MR) is 123 cm³/mol. The number of carbonyl (C=O) groups is 1. The van der Waals surface area contributed by atoms with Crippen LogP contribution < -0.4 is 19.6 Å². The number of hydrazone groups is 1. The Hall–Kier alpha value is -4.33. The van der Waals surface area contributed by atoms with Gasteiger partial charge in [0.25, 0.3) is 5.91 Å². The maximum Gasteiger partial charge on any atom is 0.289 e. The first-order valence-electron chi connectivity index (χ1n) is 9.81. The van der Waals surface area contributed by atoms with Gasteiger partial charge in [-0.15, -0.1) is 0 Å². The quantitative estimate of drug-likeness (QED) is 0.341. The van der Waals surface area contributed by atoms with Gasteiger partial charge in [-0.3, -0.25) is 9.89 Å². The summed E-state index contributed by atoms with van der Waals surface area (Å²) in [6, 6.07) is 19.3. The highest BCUT2D eigenvalue weighted by atomic mass is 16.5. The number of carbonyl (C=O) groups excluding carboxylic acids is 1. The van der Waals surface area contributed by atoms with Crippen LogP contribution in [0, 0.1) is 0 Å². The third kappa shape index (κ3) is 4.24. The summed E-state index contributed by atoms with van der Waals surface area (Å²) in [7, 11) is 4.60. The van der Waals surface area contributed by atoms with Crippen molar-refractivity contribution in [1.82, 2.24) is 15.6 Å². The zero-order chi connectivity index (χ0) is 22.5. The van der Waals surface area contributed by atoms with E-state index in [0.29, 0.717) is 34.2 Å². The number of hydrogen-bond acceptors (Lipinski definition) is 6. The van der Waals surface area contributed by atoms with Crippen LogP contribution in [0.5, 0.6) is 17.2 Å². The van der Waals surface area contributed by atoms with Gasteiger partial charge in [0.1, 0.15) is 5.69 Å². The molecule has 0 aliphatic rings. The van der Waals surface area contributed by atoms with Crippen molar-refractivity contribution in [2.75, 3.05) is 21.3 Å². The van der Waals surface area contributed by atoms with Crippen LogP contribution in [0.4, 0.5) is 0 Å². The lowest BCUT2D eigenvalue weighted by molar-refractivity contribution is 0.0950. The average Bonchev–Trinajstić information content (AvgIpc) is 3.33. The summed E-state index contributed by atoms with van der Waals surface area (Å²) in [5, 5.41) is 13.3. The summed E-state index contributed by atoms with van der Waals surface area (Å²) in [4.78, 5) is 12.5. The molecule has 0 spiro atoms. The number of methoxy groups -OCH3 is 3. The number of hydrogen-bond donors (Lipinski definition) is 2. The van der Waals surface area contributed by atoms with E-state index in [-0.39, 0.29) is 0 Å². The fourth-order valence-electron chi connectivity index (χ4n) is 3.34. The predicted octanol–water partition coefficient (Wildman–Crippen LogP) is 4.02. The van der Waals surface area contributed by atoms with Gasteiger partial charge in [0.2, 0.25) is 5.75 Å². The molecule has 0 radical (unpaired) electrons. The van der Waals surface area contributed by atoms with Crippen molar-refractivity contribution < 1.29 is 19.0 Å². The summed E-state index contributed by atoms with van der Waals surface area (Å²) in [6.07, 6.45) is 1.49. The summed E-state index contributed by atoms with van der Waals surface area (Å²) in [5.74, 6) is 1.06. The third-order valence-corrected chi connectivity index (χ3v) is 4.93. The van der Waals surface area contributed by atoms with Gasteiger partial charge >= 0.3 is 0 Å². The normalized spacial score (nSPS) is 11.0. The number of amides is 1. The highest BCUT2D eigenvalue weighted by Gasteiger charge is 2.13. The Bertz CT molecular complexity index is 1270. The summed E-state index contributed by atoms with van der Waals surface area (Å²) in [5.41, 5.74) is 5.05. The topological polar surface area (TPSA) is 97.8 Å². The van der Waals surface area contributed by atoms with E-state index < -0.39 is 5.91 Å². The largest absolute Gasteiger partial charge is 0.493 e. The van der Waals surface area contributed by atoms with Gasteiger partial charge in [-0.25, -0.2) is 5.43 Å². The number of rotatable bonds is 7. The average molecular weight is 430 g/mol. The standard InChI is InChI=1S/C24H22N4O4/c1-30-21-10-15(11-22(31-2)23(21)32-3)14-25-28-24(29)20-13-19(26-27-20)18-9-8-16-6-4-5-7-17(16)12-18/h4-14H,1-3H3,(H,26,27)(H,28,29). The van der Waals surface area contributed by atoms with Crippen LogP contribution in [0.2, 0.25) is 0 Å². The monoisotopic (exact) mass is 430 g/mol. The van der Waals surface area contributed by atoms with Gasteiger partial charge in [0, 0.05) is 11.1 Å². The number of benzene rings is 3. The highest BCUT2D eigenvalue weighted by molar-refractivity contribution is 5.95. The van der Waals surface area contributed by atoms with Crippen LogP contribution in [0.3, 0.4) is 0 Å². The second kappa shape index (κ2) is 9.22. The summed E-state index contributed by atoms with van der Waals surface area (Å²) in [6.45, 7) is 0. The van der Waals surface area contributed by atoms with E-state index in [1.807, 2.05) is 36.4 Å². The van der Waals surface area contributed by atoms with Crippen LogP contribution >= 0.6 is 0 Å². The van der Waals surface area contributed by atoms with Crippen molar-refractivity contribution in [2.24, 2.45) is 5.10 Å². The minimum absolute atomic E-state index is 0.301. The number of aromatic nitrogens is 2. The smallest absolute Gasteiger partial charge is 0.289 e. The van der Waals surface area contributed by atoms with E-state index in [2.05, 4.69) is 26.8 Å². The molecule has 8 nitrogen and oxygen atoms in total. The number of nitrogens with one attached hydrogen (secondary N) is 2. The maximum absolute atomic E-state index is 12.5. The Morgan fingerprint density at radius 3 is 2.34 bits per heavy atom. The van der Waals surface area contributed by atoms with Crippen molar-refractivity contribution in [3.8, 4) is 28.5 Å². The second-order valence-corrected chi connectivity index (χ2v) is 6.89. The molecule has 4 aromatic rings. The Kier molecular flexibility index (Phi) is 6.03. The molecule has 1 aromatic heterocycles. The Labute approximate surface area is 184 Å². The molecule has 4 rings (SSSR count). The fraction of sp³-hybridized carbons (Fsp3) is 0.125. The highest BCUT2D eigenvalue weighted by Crippen LogP contribution is 2.37. The zero-order valence-electron chi connectivity index (χ0n) is 17.9. The van der Waals surface area contributed by atoms with Crippen molar-refractivity contribution in [1.29, 1.82) is 0 Å². The fourth-order valence-corrected chi connectivity index (χ4v) is 3.34. The van der Waals surface area contributed by atoms with Crippen LogP contribution in [0.1, 0.15) is 16.1 Å². The number of ether oxygens (including phenoxy) is 3. The van der Waals surface area contributed by atoms with Gasteiger partial charge in [-0.1, -0.05) is 36.4 Å². The van der Waals surface area contributed by atoms with Gasteiger partial charge in [-0.05, 0) is 35.0 Å². The molecule has 0 fully saturated rings. The molecular weight excluding hydrogens is 408 g/mol. The molecule has 0 saturated heterocycles. The second-order valence-electron chi connectivity index (χ2n) is 6.89. The van der Waals surface area contributed by atoms with E-state index in [9.17, 15) is 4.79 Å². The van der Waals surface area contributed by atoms with E-state index in [1.165, 1.54) is 27.5 Å². The minimum atomic E-state index is -0.409. The van der Waals surface area contributed by atoms with Crippen LogP contribution in [-0.4, -0.2) is 43.6 Å². The molecule has 0 aliphatic heterocycles. The molecule has 8 heteroatoms. The minimum Gasteiger partial charge on any atom is -0.493 e. The molecule has 162 valence electrons. The van der Waals surface area contributed by atoms with Crippen LogP contribution in [0.15, 0.2) is 65.8 Å². The SMILES string of the molecule is COc1cc(C=NNC(=O)c2cc(-c3ccc4ccccc4c3)n[nH]2)cc(OC)c1OC. The van der Waals surface area contributed by atoms with Gasteiger partial charge in [0.15, 0.2) is 11.5 Å². The molecule has 0 bridgehead atoms. The number of H-pyrrole nitrogens is 1. The Balaban J connectivity index is 1.48. The maximum atomic E-state index is 12.5. The van der Waals surface area contributed by atoms with Crippen molar-refractivity contribution >= 4 is 22.9 Å². The first-order chi connectivity index (χ1) is 15.6. The first kappa shape index (κ1) is 20.9. The van der Waals surface area contributed by atoms with Crippen molar-refractivity contribution in [3.63, 3.8) is 0 Å². The lowest BCUT2D eigenvalue weighted by atomic mass is 10.1. The lowest BCUT2D eigenvalue weighted by Gasteiger charge is -2.12. The van der Waals surface area contributed by atoms with Gasteiger partial charge in [0.05, 0.1) is 33.2 Å². The summed E-state index contributed by atoms with van der Waals surface area (Å²) < 4.78 is 15.9. The number of aromatic amines is 1. The Morgan fingerprint density at radius 2 is 1.66 bits per heavy atom. The molecule has 0 atom stereocenters. The van der Waals surface area contributed by atoms with Crippen molar-refractivity contribution in [3.05, 3.63) is 71.9 Å². The molecule has 2 N–H and O–H groups in total. The van der Waals surface area contributed by atoms with E-state index in [1.54, 1.807) is 18.2 Å².